The van der Waals surface area contributed by atoms with E-state index in [1.165, 1.54) is 25.3 Å². The number of methoxy groups -OCH3 is 1. The van der Waals surface area contributed by atoms with Gasteiger partial charge in [-0.1, -0.05) is 40.9 Å². The van der Waals surface area contributed by atoms with Crippen molar-refractivity contribution in [1.82, 2.24) is 0 Å². The Balaban J connectivity index is 1.93. The van der Waals surface area contributed by atoms with Gasteiger partial charge in [-0.2, -0.15) is 0 Å². The van der Waals surface area contributed by atoms with Crippen LogP contribution in [0.2, 0.25) is 10.0 Å². The molecule has 6 nitrogen and oxygen atoms in total. The van der Waals surface area contributed by atoms with E-state index in [1.54, 1.807) is 48.5 Å². The predicted molar refractivity (Wildman–Crippen MR) is 124 cm³/mol. The van der Waals surface area contributed by atoms with E-state index in [-0.39, 0.29) is 9.92 Å². The van der Waals surface area contributed by atoms with Crippen molar-refractivity contribution in [2.45, 2.75) is 11.8 Å². The van der Waals surface area contributed by atoms with E-state index in [2.05, 4.69) is 5.32 Å². The SMILES string of the molecule is COc1ccc(N(CC(=O)Nc2ccc(Cl)c(Cl)c2)S(=O)(=O)c2ccc(C)cc2)cc1. The molecule has 0 saturated carbocycles. The van der Waals surface area contributed by atoms with Crippen molar-refractivity contribution in [3.05, 3.63) is 82.3 Å². The van der Waals surface area contributed by atoms with Gasteiger partial charge in [0.2, 0.25) is 5.91 Å². The Kier molecular flexibility index (Phi) is 7.10. The van der Waals surface area contributed by atoms with Crippen molar-refractivity contribution in [3.63, 3.8) is 0 Å². The average Bonchev–Trinajstić information content (AvgIpc) is 2.75. The summed E-state index contributed by atoms with van der Waals surface area (Å²) in [7, 11) is -2.49. The van der Waals surface area contributed by atoms with Crippen LogP contribution in [0.15, 0.2) is 71.6 Å². The lowest BCUT2D eigenvalue weighted by atomic mass is 10.2. The molecule has 0 bridgehead atoms. The standard InChI is InChI=1S/C22H20Cl2N2O4S/c1-15-3-10-19(11-4-15)31(28,29)26(17-6-8-18(30-2)9-7-17)14-22(27)25-16-5-12-20(23)21(24)13-16/h3-13H,14H2,1-2H3,(H,25,27). The predicted octanol–water partition coefficient (Wildman–Crippen LogP) is 5.14. The van der Waals surface area contributed by atoms with Crippen LogP contribution in [0, 0.1) is 6.92 Å². The van der Waals surface area contributed by atoms with E-state index < -0.39 is 22.5 Å². The number of benzene rings is 3. The Labute approximate surface area is 191 Å². The Morgan fingerprint density at radius 2 is 1.61 bits per heavy atom. The zero-order chi connectivity index (χ0) is 22.6. The quantitative estimate of drug-likeness (QED) is 0.509. The van der Waals surface area contributed by atoms with Crippen molar-refractivity contribution in [2.75, 3.05) is 23.3 Å². The van der Waals surface area contributed by atoms with Crippen LogP contribution in [-0.4, -0.2) is 28.0 Å². The van der Waals surface area contributed by atoms with E-state index in [4.69, 9.17) is 27.9 Å². The lowest BCUT2D eigenvalue weighted by Crippen LogP contribution is -2.38. The number of halogens is 2. The summed E-state index contributed by atoms with van der Waals surface area (Å²) in [5, 5.41) is 3.28. The van der Waals surface area contributed by atoms with Gasteiger partial charge in [-0.25, -0.2) is 8.42 Å². The molecule has 0 spiro atoms. The van der Waals surface area contributed by atoms with Gasteiger partial charge in [-0.15, -0.1) is 0 Å². The number of nitrogens with zero attached hydrogens (tertiary/aromatic N) is 1. The van der Waals surface area contributed by atoms with E-state index in [1.807, 2.05) is 6.92 Å². The minimum absolute atomic E-state index is 0.0799. The molecule has 3 aromatic rings. The average molecular weight is 479 g/mol. The Morgan fingerprint density at radius 1 is 0.968 bits per heavy atom. The fourth-order valence-corrected chi connectivity index (χ4v) is 4.52. The molecular weight excluding hydrogens is 459 g/mol. The number of nitrogens with one attached hydrogen (secondary N) is 1. The molecule has 0 aliphatic carbocycles. The molecule has 162 valence electrons. The third kappa shape index (κ3) is 5.50. The minimum Gasteiger partial charge on any atom is -0.497 e. The molecule has 0 heterocycles. The lowest BCUT2D eigenvalue weighted by molar-refractivity contribution is -0.114. The summed E-state index contributed by atoms with van der Waals surface area (Å²) < 4.78 is 32.9. The number of ether oxygens (including phenoxy) is 1. The third-order valence-electron chi connectivity index (χ3n) is 4.46. The van der Waals surface area contributed by atoms with Gasteiger partial charge in [-0.05, 0) is 61.5 Å². The molecule has 0 atom stereocenters. The van der Waals surface area contributed by atoms with Gasteiger partial charge >= 0.3 is 0 Å². The fraction of sp³-hybridized carbons (Fsp3) is 0.136. The topological polar surface area (TPSA) is 75.7 Å². The molecule has 0 aliphatic heterocycles. The summed E-state index contributed by atoms with van der Waals surface area (Å²) in [6.45, 7) is 1.42. The zero-order valence-corrected chi connectivity index (χ0v) is 19.1. The maximum Gasteiger partial charge on any atom is 0.264 e. The lowest BCUT2D eigenvalue weighted by Gasteiger charge is -2.24. The molecule has 31 heavy (non-hydrogen) atoms. The Morgan fingerprint density at radius 3 is 2.19 bits per heavy atom. The number of amides is 1. The van der Waals surface area contributed by atoms with Gasteiger partial charge in [0.05, 0.1) is 27.7 Å². The molecule has 3 aromatic carbocycles. The van der Waals surface area contributed by atoms with Crippen LogP contribution in [0.5, 0.6) is 5.75 Å². The maximum absolute atomic E-state index is 13.4. The van der Waals surface area contributed by atoms with Crippen LogP contribution in [0.3, 0.4) is 0 Å². The number of rotatable bonds is 7. The molecule has 0 radical (unpaired) electrons. The first-order chi connectivity index (χ1) is 14.7. The van der Waals surface area contributed by atoms with E-state index in [0.717, 1.165) is 9.87 Å². The summed E-state index contributed by atoms with van der Waals surface area (Å²) in [6.07, 6.45) is 0. The monoisotopic (exact) mass is 478 g/mol. The molecule has 0 aromatic heterocycles. The van der Waals surface area contributed by atoms with Crippen molar-refractivity contribution in [3.8, 4) is 5.75 Å². The van der Waals surface area contributed by atoms with Gasteiger partial charge in [0, 0.05) is 5.69 Å². The number of sulfonamides is 1. The molecule has 0 fully saturated rings. The first kappa shape index (κ1) is 22.9. The number of carbonyl (C=O) groups is 1. The van der Waals surface area contributed by atoms with Crippen molar-refractivity contribution < 1.29 is 17.9 Å². The molecule has 9 heteroatoms. The minimum atomic E-state index is -4.01. The normalized spacial score (nSPS) is 11.1. The van der Waals surface area contributed by atoms with Crippen LogP contribution in [0.25, 0.3) is 0 Å². The summed E-state index contributed by atoms with van der Waals surface area (Å²) in [4.78, 5) is 12.8. The Hall–Kier alpha value is -2.74. The molecule has 1 N–H and O–H groups in total. The number of aryl methyl sites for hydroxylation is 1. The van der Waals surface area contributed by atoms with Crippen LogP contribution >= 0.6 is 23.2 Å². The van der Waals surface area contributed by atoms with Crippen LogP contribution in [0.1, 0.15) is 5.56 Å². The second-order valence-corrected chi connectivity index (χ2v) is 9.38. The highest BCUT2D eigenvalue weighted by molar-refractivity contribution is 7.92. The highest BCUT2D eigenvalue weighted by Crippen LogP contribution is 2.27. The Bertz CT molecular complexity index is 1180. The summed E-state index contributed by atoms with van der Waals surface area (Å²) in [6, 6.07) is 17.5. The number of anilines is 2. The van der Waals surface area contributed by atoms with Gasteiger partial charge in [0.25, 0.3) is 10.0 Å². The largest absolute Gasteiger partial charge is 0.497 e. The third-order valence-corrected chi connectivity index (χ3v) is 6.99. The number of hydrogen-bond acceptors (Lipinski definition) is 4. The second kappa shape index (κ2) is 9.60. The summed E-state index contributed by atoms with van der Waals surface area (Å²) >= 11 is 11.9. The molecule has 1 amide bonds. The maximum atomic E-state index is 13.4. The van der Waals surface area contributed by atoms with Crippen molar-refractivity contribution >= 4 is 50.5 Å². The molecule has 0 saturated heterocycles. The highest BCUT2D eigenvalue weighted by Gasteiger charge is 2.27. The van der Waals surface area contributed by atoms with Crippen molar-refractivity contribution in [1.29, 1.82) is 0 Å². The molecular formula is C22H20Cl2N2O4S. The smallest absolute Gasteiger partial charge is 0.264 e. The van der Waals surface area contributed by atoms with Crippen LogP contribution in [-0.2, 0) is 14.8 Å². The number of hydrogen-bond donors (Lipinski definition) is 1. The molecule has 0 unspecified atom stereocenters. The summed E-state index contributed by atoms with van der Waals surface area (Å²) in [5.74, 6) is 0.0292. The van der Waals surface area contributed by atoms with E-state index in [9.17, 15) is 13.2 Å². The van der Waals surface area contributed by atoms with E-state index in [0.29, 0.717) is 22.1 Å². The zero-order valence-electron chi connectivity index (χ0n) is 16.8. The van der Waals surface area contributed by atoms with Gasteiger partial charge in [-0.3, -0.25) is 9.10 Å². The second-order valence-electron chi connectivity index (χ2n) is 6.70. The van der Waals surface area contributed by atoms with Crippen LogP contribution < -0.4 is 14.4 Å². The summed E-state index contributed by atoms with van der Waals surface area (Å²) in [5.41, 5.74) is 1.65. The fourth-order valence-electron chi connectivity index (χ4n) is 2.81. The first-order valence-corrected chi connectivity index (χ1v) is 11.4. The first-order valence-electron chi connectivity index (χ1n) is 9.19. The highest BCUT2D eigenvalue weighted by atomic mass is 35.5. The molecule has 3 rings (SSSR count). The molecule has 0 aliphatic rings. The van der Waals surface area contributed by atoms with Gasteiger partial charge in [0.15, 0.2) is 0 Å². The van der Waals surface area contributed by atoms with Gasteiger partial charge in [0.1, 0.15) is 12.3 Å². The van der Waals surface area contributed by atoms with E-state index >= 15 is 0 Å². The number of carbonyl (C=O) groups excluding carboxylic acids is 1. The van der Waals surface area contributed by atoms with Gasteiger partial charge < -0.3 is 10.1 Å². The van der Waals surface area contributed by atoms with Crippen LogP contribution in [0.4, 0.5) is 11.4 Å². The van der Waals surface area contributed by atoms with Crippen molar-refractivity contribution in [2.24, 2.45) is 0 Å².